The van der Waals surface area contributed by atoms with Gasteiger partial charge in [-0.2, -0.15) is 0 Å². The number of carbonyl (C=O) groups excluding carboxylic acids is 1. The highest BCUT2D eigenvalue weighted by Gasteiger charge is 2.27. The van der Waals surface area contributed by atoms with Crippen molar-refractivity contribution in [2.45, 2.75) is 40.5 Å². The maximum atomic E-state index is 11.9. The summed E-state index contributed by atoms with van der Waals surface area (Å²) in [6.07, 6.45) is 0. The zero-order valence-electron chi connectivity index (χ0n) is 11.6. The fraction of sp³-hybridized carbons (Fsp3) is 0.533. The van der Waals surface area contributed by atoms with Gasteiger partial charge in [0.1, 0.15) is 0 Å². The molecule has 0 amide bonds. The van der Waals surface area contributed by atoms with Gasteiger partial charge in [0, 0.05) is 0 Å². The summed E-state index contributed by atoms with van der Waals surface area (Å²) in [5, 5.41) is 0. The number of carbonyl (C=O) groups is 1. The van der Waals surface area contributed by atoms with E-state index in [-0.39, 0.29) is 17.8 Å². The fourth-order valence-corrected chi connectivity index (χ4v) is 2.53. The van der Waals surface area contributed by atoms with Gasteiger partial charge in [0.2, 0.25) is 0 Å². The number of esters is 1. The molecule has 1 atom stereocenters. The molecule has 0 aromatic heterocycles. The van der Waals surface area contributed by atoms with Gasteiger partial charge < -0.3 is 4.74 Å². The van der Waals surface area contributed by atoms with Crippen LogP contribution in [0.1, 0.15) is 42.0 Å². The molecule has 0 saturated carbocycles. The Bertz CT molecular complexity index is 396. The van der Waals surface area contributed by atoms with E-state index in [2.05, 4.69) is 46.8 Å². The number of benzene rings is 1. The number of rotatable bonds is 3. The normalized spacial score (nSPS) is 12.6. The molecule has 0 fully saturated rings. The van der Waals surface area contributed by atoms with E-state index in [1.165, 1.54) is 23.8 Å². The fourth-order valence-electron chi connectivity index (χ4n) is 2.53. The predicted octanol–water partition coefficient (Wildman–Crippen LogP) is 3.52. The molecule has 2 heteroatoms. The molecule has 0 bridgehead atoms. The Hall–Kier alpha value is -1.31. The number of hydrogen-bond donors (Lipinski definition) is 0. The molecule has 0 aliphatic rings. The van der Waals surface area contributed by atoms with Crippen molar-refractivity contribution in [1.29, 1.82) is 0 Å². The van der Waals surface area contributed by atoms with Crippen LogP contribution in [0.4, 0.5) is 0 Å². The van der Waals surface area contributed by atoms with Gasteiger partial charge in [-0.05, 0) is 43.4 Å². The van der Waals surface area contributed by atoms with E-state index in [1.54, 1.807) is 0 Å². The van der Waals surface area contributed by atoms with Gasteiger partial charge in [0.25, 0.3) is 0 Å². The Morgan fingerprint density at radius 1 is 1.12 bits per heavy atom. The first kappa shape index (κ1) is 13.8. The third-order valence-electron chi connectivity index (χ3n) is 3.17. The van der Waals surface area contributed by atoms with Crippen LogP contribution >= 0.6 is 0 Å². The number of aryl methyl sites for hydroxylation is 3. The van der Waals surface area contributed by atoms with Crippen molar-refractivity contribution < 1.29 is 9.53 Å². The second-order valence-corrected chi connectivity index (χ2v) is 5.06. The van der Waals surface area contributed by atoms with Gasteiger partial charge in [0.05, 0.1) is 13.0 Å². The molecule has 0 aliphatic heterocycles. The zero-order chi connectivity index (χ0) is 13.2. The number of methoxy groups -OCH3 is 1. The van der Waals surface area contributed by atoms with E-state index >= 15 is 0 Å². The summed E-state index contributed by atoms with van der Waals surface area (Å²) in [6.45, 7) is 10.3. The van der Waals surface area contributed by atoms with E-state index in [9.17, 15) is 4.79 Å². The first-order valence-corrected chi connectivity index (χ1v) is 6.04. The highest BCUT2D eigenvalue weighted by atomic mass is 16.5. The molecule has 1 aromatic carbocycles. The Labute approximate surface area is 104 Å². The van der Waals surface area contributed by atoms with E-state index in [4.69, 9.17) is 4.74 Å². The summed E-state index contributed by atoms with van der Waals surface area (Å²) in [5.41, 5.74) is 4.70. The SMILES string of the molecule is COC(=O)C(c1c(C)cc(C)cc1C)C(C)C. The molecule has 0 heterocycles. The van der Waals surface area contributed by atoms with Crippen LogP contribution in [0.5, 0.6) is 0 Å². The summed E-state index contributed by atoms with van der Waals surface area (Å²) >= 11 is 0. The minimum atomic E-state index is -0.166. The van der Waals surface area contributed by atoms with Crippen molar-refractivity contribution in [3.63, 3.8) is 0 Å². The Balaban J connectivity index is 3.33. The summed E-state index contributed by atoms with van der Waals surface area (Å²) in [4.78, 5) is 11.9. The van der Waals surface area contributed by atoms with Crippen molar-refractivity contribution in [1.82, 2.24) is 0 Å². The van der Waals surface area contributed by atoms with Gasteiger partial charge in [-0.15, -0.1) is 0 Å². The molecule has 2 nitrogen and oxygen atoms in total. The van der Waals surface area contributed by atoms with E-state index in [1.807, 2.05) is 0 Å². The van der Waals surface area contributed by atoms with Gasteiger partial charge in [-0.25, -0.2) is 0 Å². The molecule has 1 aromatic rings. The standard InChI is InChI=1S/C15H22O2/c1-9(2)13(15(16)17-6)14-11(4)7-10(3)8-12(14)5/h7-9,13H,1-6H3. The number of ether oxygens (including phenoxy) is 1. The largest absolute Gasteiger partial charge is 0.469 e. The van der Waals surface area contributed by atoms with Crippen LogP contribution in [0.25, 0.3) is 0 Å². The molecule has 0 radical (unpaired) electrons. The van der Waals surface area contributed by atoms with E-state index < -0.39 is 0 Å². The monoisotopic (exact) mass is 234 g/mol. The van der Waals surface area contributed by atoms with Crippen LogP contribution in [-0.4, -0.2) is 13.1 Å². The van der Waals surface area contributed by atoms with E-state index in [0.717, 1.165) is 5.56 Å². The van der Waals surface area contributed by atoms with Crippen molar-refractivity contribution in [2.75, 3.05) is 7.11 Å². The van der Waals surface area contributed by atoms with Gasteiger partial charge in [-0.3, -0.25) is 4.79 Å². The van der Waals surface area contributed by atoms with Crippen LogP contribution in [0.15, 0.2) is 12.1 Å². The topological polar surface area (TPSA) is 26.3 Å². The van der Waals surface area contributed by atoms with Crippen molar-refractivity contribution in [2.24, 2.45) is 5.92 Å². The van der Waals surface area contributed by atoms with Crippen LogP contribution in [0, 0.1) is 26.7 Å². The highest BCUT2D eigenvalue weighted by Crippen LogP contribution is 2.31. The Kier molecular flexibility index (Phi) is 4.33. The van der Waals surface area contributed by atoms with E-state index in [0.29, 0.717) is 0 Å². The lowest BCUT2D eigenvalue weighted by Gasteiger charge is -2.23. The summed E-state index contributed by atoms with van der Waals surface area (Å²) in [6, 6.07) is 4.25. The Morgan fingerprint density at radius 2 is 1.59 bits per heavy atom. The van der Waals surface area contributed by atoms with Gasteiger partial charge in [-0.1, -0.05) is 31.5 Å². The average molecular weight is 234 g/mol. The Morgan fingerprint density at radius 3 is 1.94 bits per heavy atom. The van der Waals surface area contributed by atoms with Crippen molar-refractivity contribution in [3.05, 3.63) is 34.4 Å². The second-order valence-electron chi connectivity index (χ2n) is 5.06. The first-order valence-electron chi connectivity index (χ1n) is 6.04. The molecule has 17 heavy (non-hydrogen) atoms. The molecule has 0 spiro atoms. The minimum absolute atomic E-state index is 0.143. The maximum Gasteiger partial charge on any atom is 0.313 e. The van der Waals surface area contributed by atoms with Crippen molar-refractivity contribution >= 4 is 5.97 Å². The second kappa shape index (κ2) is 5.35. The molecular weight excluding hydrogens is 212 g/mol. The third-order valence-corrected chi connectivity index (χ3v) is 3.17. The zero-order valence-corrected chi connectivity index (χ0v) is 11.6. The van der Waals surface area contributed by atoms with Crippen LogP contribution in [-0.2, 0) is 9.53 Å². The lowest BCUT2D eigenvalue weighted by atomic mass is 9.82. The summed E-state index contributed by atoms with van der Waals surface area (Å²) in [5.74, 6) is -0.0711. The van der Waals surface area contributed by atoms with Gasteiger partial charge in [0.15, 0.2) is 0 Å². The first-order chi connectivity index (χ1) is 7.88. The van der Waals surface area contributed by atoms with Crippen LogP contribution < -0.4 is 0 Å². The molecule has 0 N–H and O–H groups in total. The number of hydrogen-bond acceptors (Lipinski definition) is 2. The molecule has 0 saturated heterocycles. The summed E-state index contributed by atoms with van der Waals surface area (Å²) in [7, 11) is 1.45. The smallest absolute Gasteiger partial charge is 0.313 e. The highest BCUT2D eigenvalue weighted by molar-refractivity contribution is 5.79. The lowest BCUT2D eigenvalue weighted by molar-refractivity contribution is -0.143. The van der Waals surface area contributed by atoms with Crippen LogP contribution in [0.2, 0.25) is 0 Å². The maximum absolute atomic E-state index is 11.9. The summed E-state index contributed by atoms with van der Waals surface area (Å²) < 4.78 is 4.93. The quantitative estimate of drug-likeness (QED) is 0.748. The predicted molar refractivity (Wildman–Crippen MR) is 70.2 cm³/mol. The molecule has 94 valence electrons. The molecular formula is C15H22O2. The van der Waals surface area contributed by atoms with Crippen LogP contribution in [0.3, 0.4) is 0 Å². The van der Waals surface area contributed by atoms with Crippen molar-refractivity contribution in [3.8, 4) is 0 Å². The molecule has 1 unspecified atom stereocenters. The molecule has 1 rings (SSSR count). The van der Waals surface area contributed by atoms with Gasteiger partial charge >= 0.3 is 5.97 Å². The average Bonchev–Trinajstić information content (AvgIpc) is 2.21. The molecule has 0 aliphatic carbocycles. The minimum Gasteiger partial charge on any atom is -0.469 e. The third kappa shape index (κ3) is 2.87. The lowest BCUT2D eigenvalue weighted by Crippen LogP contribution is -2.21.